The molecule has 0 aromatic carbocycles. The van der Waals surface area contributed by atoms with E-state index in [4.69, 9.17) is 0 Å². The van der Waals surface area contributed by atoms with Crippen molar-refractivity contribution in [2.24, 2.45) is 10.4 Å². The maximum atomic E-state index is 12.4. The van der Waals surface area contributed by atoms with E-state index in [9.17, 15) is 4.79 Å². The molecule has 1 unspecified atom stereocenters. The molecule has 1 atom stereocenters. The highest BCUT2D eigenvalue weighted by Gasteiger charge is 2.32. The van der Waals surface area contributed by atoms with E-state index in [0.29, 0.717) is 0 Å². The Bertz CT molecular complexity index is 300. The Labute approximate surface area is 105 Å². The normalized spacial score (nSPS) is 14.6. The number of likely N-dealkylation sites (N-methyl/N-ethyl adjacent to an activating group) is 1. The zero-order chi connectivity index (χ0) is 13.6. The smallest absolute Gasteiger partial charge is 0.161 e. The van der Waals surface area contributed by atoms with E-state index in [1.807, 2.05) is 34.6 Å². The molecule has 2 N–H and O–H groups in total. The summed E-state index contributed by atoms with van der Waals surface area (Å²) in [7, 11) is 1.78. The lowest BCUT2D eigenvalue weighted by atomic mass is 9.85. The van der Waals surface area contributed by atoms with E-state index < -0.39 is 5.41 Å². The number of ketones is 1. The Hall–Kier alpha value is -1.16. The van der Waals surface area contributed by atoms with Gasteiger partial charge in [0.15, 0.2) is 5.78 Å². The van der Waals surface area contributed by atoms with Crippen LogP contribution in [0.15, 0.2) is 16.9 Å². The third kappa shape index (κ3) is 5.13. The van der Waals surface area contributed by atoms with E-state index in [1.54, 1.807) is 13.2 Å². The molecule has 0 aliphatic rings. The van der Waals surface area contributed by atoms with Gasteiger partial charge in [-0.25, -0.2) is 0 Å². The first-order valence-electron chi connectivity index (χ1n) is 5.88. The Balaban J connectivity index is 5.19. The van der Waals surface area contributed by atoms with Crippen molar-refractivity contribution in [3.8, 4) is 0 Å². The Morgan fingerprint density at radius 2 is 1.88 bits per heavy atom. The summed E-state index contributed by atoms with van der Waals surface area (Å²) >= 11 is 0. The van der Waals surface area contributed by atoms with E-state index in [2.05, 4.69) is 22.3 Å². The molecule has 98 valence electrons. The van der Waals surface area contributed by atoms with Crippen LogP contribution in [0.4, 0.5) is 0 Å². The van der Waals surface area contributed by atoms with Gasteiger partial charge >= 0.3 is 0 Å². The van der Waals surface area contributed by atoms with Gasteiger partial charge in [0, 0.05) is 24.7 Å². The van der Waals surface area contributed by atoms with Crippen molar-refractivity contribution in [1.82, 2.24) is 10.6 Å². The van der Waals surface area contributed by atoms with Gasteiger partial charge in [-0.3, -0.25) is 9.79 Å². The molecule has 0 aliphatic carbocycles. The van der Waals surface area contributed by atoms with E-state index >= 15 is 0 Å². The summed E-state index contributed by atoms with van der Waals surface area (Å²) in [6.07, 6.45) is 1.59. The van der Waals surface area contributed by atoms with Crippen LogP contribution < -0.4 is 10.6 Å². The van der Waals surface area contributed by atoms with Crippen LogP contribution in [-0.2, 0) is 4.79 Å². The van der Waals surface area contributed by atoms with E-state index in [1.165, 1.54) is 0 Å². The van der Waals surface area contributed by atoms with Crippen molar-refractivity contribution in [2.75, 3.05) is 7.05 Å². The highest BCUT2D eigenvalue weighted by molar-refractivity contribution is 5.91. The summed E-state index contributed by atoms with van der Waals surface area (Å²) in [6, 6.07) is -0.154. The highest BCUT2D eigenvalue weighted by Crippen LogP contribution is 2.20. The highest BCUT2D eigenvalue weighted by atomic mass is 16.1. The molecule has 0 saturated carbocycles. The molecule has 17 heavy (non-hydrogen) atoms. The van der Waals surface area contributed by atoms with Crippen molar-refractivity contribution >= 4 is 12.5 Å². The van der Waals surface area contributed by atoms with Crippen LogP contribution in [0.2, 0.25) is 0 Å². The Morgan fingerprint density at radius 1 is 1.35 bits per heavy atom. The predicted octanol–water partition coefficient (Wildman–Crippen LogP) is 1.73. The fraction of sp³-hybridized carbons (Fsp3) is 0.692. The summed E-state index contributed by atoms with van der Waals surface area (Å²) in [5.41, 5.74) is 0.345. The van der Waals surface area contributed by atoms with Gasteiger partial charge in [0.2, 0.25) is 0 Å². The molecule has 0 radical (unpaired) electrons. The van der Waals surface area contributed by atoms with Gasteiger partial charge in [-0.15, -0.1) is 0 Å². The SMILES string of the molecule is C=N/C=C(\NC)C(NC(C)C)C(=O)C(C)(C)C. The minimum atomic E-state index is -0.399. The lowest BCUT2D eigenvalue weighted by Crippen LogP contribution is -2.49. The van der Waals surface area contributed by atoms with Crippen LogP contribution >= 0.6 is 0 Å². The van der Waals surface area contributed by atoms with Crippen molar-refractivity contribution < 1.29 is 4.79 Å². The summed E-state index contributed by atoms with van der Waals surface area (Å²) in [4.78, 5) is 16.1. The molecule has 0 fully saturated rings. The number of carbonyl (C=O) groups is 1. The Kier molecular flexibility index (Phi) is 6.10. The molecule has 0 aromatic rings. The van der Waals surface area contributed by atoms with Gasteiger partial charge < -0.3 is 10.6 Å². The summed E-state index contributed by atoms with van der Waals surface area (Å²) in [6.45, 7) is 13.2. The van der Waals surface area contributed by atoms with Crippen LogP contribution in [0.5, 0.6) is 0 Å². The quantitative estimate of drug-likeness (QED) is 0.694. The van der Waals surface area contributed by atoms with Gasteiger partial charge in [-0.2, -0.15) is 0 Å². The lowest BCUT2D eigenvalue weighted by molar-refractivity contribution is -0.127. The summed E-state index contributed by atoms with van der Waals surface area (Å²) < 4.78 is 0. The average Bonchev–Trinajstić information content (AvgIpc) is 2.20. The van der Waals surface area contributed by atoms with Crippen molar-refractivity contribution in [2.45, 2.75) is 46.7 Å². The van der Waals surface area contributed by atoms with Crippen LogP contribution in [-0.4, -0.2) is 31.6 Å². The van der Waals surface area contributed by atoms with Gasteiger partial charge in [0.25, 0.3) is 0 Å². The number of Topliss-reactive ketones (excluding diaryl/α,β-unsaturated/α-hetero) is 1. The third-order valence-electron chi connectivity index (χ3n) is 2.33. The van der Waals surface area contributed by atoms with Gasteiger partial charge in [-0.1, -0.05) is 20.8 Å². The van der Waals surface area contributed by atoms with Crippen molar-refractivity contribution in [3.05, 3.63) is 11.9 Å². The second-order valence-corrected chi connectivity index (χ2v) is 5.39. The molecule has 0 spiro atoms. The minimum Gasteiger partial charge on any atom is -0.389 e. The molecule has 0 heterocycles. The number of rotatable bonds is 6. The van der Waals surface area contributed by atoms with Crippen LogP contribution in [0.1, 0.15) is 34.6 Å². The Morgan fingerprint density at radius 3 is 2.18 bits per heavy atom. The monoisotopic (exact) mass is 239 g/mol. The van der Waals surface area contributed by atoms with Crippen LogP contribution in [0.25, 0.3) is 0 Å². The zero-order valence-electron chi connectivity index (χ0n) is 11.8. The van der Waals surface area contributed by atoms with Crippen LogP contribution in [0.3, 0.4) is 0 Å². The second-order valence-electron chi connectivity index (χ2n) is 5.39. The standard InChI is InChI=1S/C13H25N3O/c1-9(2)16-11(10(15-7)8-14-6)12(17)13(3,4)5/h8-9,11,15-16H,6H2,1-5,7H3/b10-8-. The molecular formula is C13H25N3O. The molecule has 0 aromatic heterocycles. The maximum absolute atomic E-state index is 12.4. The van der Waals surface area contributed by atoms with Crippen LogP contribution in [0, 0.1) is 5.41 Å². The number of carbonyl (C=O) groups excluding carboxylic acids is 1. The second kappa shape index (κ2) is 6.55. The van der Waals surface area contributed by atoms with E-state index in [0.717, 1.165) is 5.70 Å². The number of hydrogen-bond acceptors (Lipinski definition) is 4. The summed E-state index contributed by atoms with van der Waals surface area (Å²) in [5.74, 6) is 0.135. The first kappa shape index (κ1) is 15.8. The number of nitrogens with one attached hydrogen (secondary N) is 2. The fourth-order valence-corrected chi connectivity index (χ4v) is 1.45. The van der Waals surface area contributed by atoms with E-state index in [-0.39, 0.29) is 17.9 Å². The summed E-state index contributed by atoms with van der Waals surface area (Å²) in [5, 5.41) is 6.26. The fourth-order valence-electron chi connectivity index (χ4n) is 1.45. The first-order valence-corrected chi connectivity index (χ1v) is 5.88. The molecule has 0 rings (SSSR count). The average molecular weight is 239 g/mol. The topological polar surface area (TPSA) is 53.5 Å². The lowest BCUT2D eigenvalue weighted by Gasteiger charge is -2.28. The molecular weight excluding hydrogens is 214 g/mol. The molecule has 4 nitrogen and oxygen atoms in total. The van der Waals surface area contributed by atoms with Gasteiger partial charge in [0.1, 0.15) is 6.04 Å². The third-order valence-corrected chi connectivity index (χ3v) is 2.33. The van der Waals surface area contributed by atoms with Gasteiger partial charge in [0.05, 0.1) is 5.70 Å². The molecule has 4 heteroatoms. The molecule has 0 amide bonds. The van der Waals surface area contributed by atoms with Gasteiger partial charge in [-0.05, 0) is 20.6 Å². The first-order chi connectivity index (χ1) is 7.73. The number of hydrogen-bond donors (Lipinski definition) is 2. The maximum Gasteiger partial charge on any atom is 0.161 e. The van der Waals surface area contributed by atoms with Crippen molar-refractivity contribution in [1.29, 1.82) is 0 Å². The molecule has 0 bridgehead atoms. The molecule has 0 saturated heterocycles. The zero-order valence-corrected chi connectivity index (χ0v) is 11.8. The van der Waals surface area contributed by atoms with Crippen molar-refractivity contribution in [3.63, 3.8) is 0 Å². The minimum absolute atomic E-state index is 0.135. The number of aliphatic imine (C=N–C) groups is 1. The largest absolute Gasteiger partial charge is 0.389 e. The molecule has 0 aliphatic heterocycles. The predicted molar refractivity (Wildman–Crippen MR) is 73.2 cm³/mol. The number of nitrogens with zero attached hydrogens (tertiary/aromatic N) is 1.